The summed E-state index contributed by atoms with van der Waals surface area (Å²) in [5.74, 6) is 0. The van der Waals surface area contributed by atoms with E-state index < -0.39 is 5.60 Å². The third kappa shape index (κ3) is 4.87. The summed E-state index contributed by atoms with van der Waals surface area (Å²) in [5, 5.41) is 20.0. The van der Waals surface area contributed by atoms with Crippen LogP contribution >= 0.6 is 0 Å². The molecule has 2 rings (SSSR count). The lowest BCUT2D eigenvalue weighted by Gasteiger charge is -2.22. The third-order valence-corrected chi connectivity index (χ3v) is 4.04. The van der Waals surface area contributed by atoms with E-state index in [-0.39, 0.29) is 12.6 Å². The average molecular weight is 306 g/mol. The molecule has 1 aliphatic carbocycles. The van der Waals surface area contributed by atoms with Crippen LogP contribution in [-0.2, 0) is 12.6 Å². The zero-order valence-corrected chi connectivity index (χ0v) is 13.4. The van der Waals surface area contributed by atoms with Crippen molar-refractivity contribution in [1.82, 2.24) is 20.4 Å². The monoisotopic (exact) mass is 306 g/mol. The fourth-order valence-corrected chi connectivity index (χ4v) is 2.58. The number of aliphatic hydroxyl groups is 1. The maximum atomic E-state index is 11.8. The zero-order valence-electron chi connectivity index (χ0n) is 13.4. The van der Waals surface area contributed by atoms with Gasteiger partial charge in [-0.2, -0.15) is 5.10 Å². The zero-order chi connectivity index (χ0) is 16.0. The fraction of sp³-hybridized carbons (Fsp3) is 0.625. The second-order valence-electron chi connectivity index (χ2n) is 6.14. The molecule has 1 aromatic rings. The summed E-state index contributed by atoms with van der Waals surface area (Å²) in [6, 6.07) is -0.249. The van der Waals surface area contributed by atoms with Crippen LogP contribution < -0.4 is 10.6 Å². The number of aromatic nitrogens is 2. The van der Waals surface area contributed by atoms with E-state index in [1.54, 1.807) is 31.0 Å². The highest BCUT2D eigenvalue weighted by Crippen LogP contribution is 2.19. The number of allylic oxidation sites excluding steroid dienone is 1. The second kappa shape index (κ2) is 7.45. The predicted octanol–water partition coefficient (Wildman–Crippen LogP) is 1.82. The molecular formula is C16H26N4O2. The van der Waals surface area contributed by atoms with Gasteiger partial charge in [-0.1, -0.05) is 11.6 Å². The van der Waals surface area contributed by atoms with E-state index in [2.05, 4.69) is 21.8 Å². The summed E-state index contributed by atoms with van der Waals surface area (Å²) in [5.41, 5.74) is 0.994. The number of amides is 2. The van der Waals surface area contributed by atoms with Crippen molar-refractivity contribution >= 4 is 6.03 Å². The standard InChI is InChI=1S/C16H26N4O2/c1-16(22,14-10-19-20(2)11-14)12-18-15(21)17-9-8-13-6-4-3-5-7-13/h6,10-11,22H,3-5,7-9,12H2,1-2H3,(H2,17,18,21). The summed E-state index contributed by atoms with van der Waals surface area (Å²) in [4.78, 5) is 11.8. The molecule has 0 spiro atoms. The Morgan fingerprint density at radius 3 is 2.91 bits per heavy atom. The van der Waals surface area contributed by atoms with Gasteiger partial charge in [0.1, 0.15) is 5.60 Å². The highest BCUT2D eigenvalue weighted by Gasteiger charge is 2.25. The van der Waals surface area contributed by atoms with Gasteiger partial charge in [-0.15, -0.1) is 0 Å². The molecule has 0 saturated heterocycles. The molecule has 3 N–H and O–H groups in total. The number of carbonyl (C=O) groups excluding carboxylic acids is 1. The molecule has 1 unspecified atom stereocenters. The molecule has 6 heteroatoms. The van der Waals surface area contributed by atoms with Crippen molar-refractivity contribution in [2.24, 2.45) is 7.05 Å². The Morgan fingerprint density at radius 1 is 1.45 bits per heavy atom. The lowest BCUT2D eigenvalue weighted by atomic mass is 9.97. The molecule has 0 radical (unpaired) electrons. The normalized spacial score (nSPS) is 17.5. The van der Waals surface area contributed by atoms with Gasteiger partial charge in [-0.05, 0) is 39.0 Å². The van der Waals surface area contributed by atoms with Gasteiger partial charge in [-0.25, -0.2) is 4.79 Å². The Bertz CT molecular complexity index is 534. The highest BCUT2D eigenvalue weighted by molar-refractivity contribution is 5.73. The van der Waals surface area contributed by atoms with Gasteiger partial charge in [0, 0.05) is 25.4 Å². The van der Waals surface area contributed by atoms with Crippen LogP contribution in [0.5, 0.6) is 0 Å². The molecule has 1 atom stereocenters. The van der Waals surface area contributed by atoms with Crippen LogP contribution in [0.3, 0.4) is 0 Å². The van der Waals surface area contributed by atoms with Crippen molar-refractivity contribution in [3.63, 3.8) is 0 Å². The van der Waals surface area contributed by atoms with E-state index in [0.29, 0.717) is 12.1 Å². The van der Waals surface area contributed by atoms with Crippen molar-refractivity contribution < 1.29 is 9.90 Å². The van der Waals surface area contributed by atoms with Gasteiger partial charge < -0.3 is 15.7 Å². The second-order valence-corrected chi connectivity index (χ2v) is 6.14. The summed E-state index contributed by atoms with van der Waals surface area (Å²) < 4.78 is 1.63. The van der Waals surface area contributed by atoms with Gasteiger partial charge >= 0.3 is 6.03 Å². The van der Waals surface area contributed by atoms with E-state index in [9.17, 15) is 9.90 Å². The van der Waals surface area contributed by atoms with Crippen LogP contribution in [0.15, 0.2) is 24.0 Å². The maximum Gasteiger partial charge on any atom is 0.314 e. The molecule has 0 aliphatic heterocycles. The average Bonchev–Trinajstić information content (AvgIpc) is 2.94. The quantitative estimate of drug-likeness (QED) is 0.701. The minimum Gasteiger partial charge on any atom is -0.383 e. The Balaban J connectivity index is 1.69. The van der Waals surface area contributed by atoms with Crippen LogP contribution in [0.25, 0.3) is 0 Å². The molecule has 1 aliphatic rings. The molecular weight excluding hydrogens is 280 g/mol. The van der Waals surface area contributed by atoms with E-state index in [0.717, 1.165) is 19.3 Å². The van der Waals surface area contributed by atoms with Gasteiger partial charge in [0.2, 0.25) is 0 Å². The van der Waals surface area contributed by atoms with E-state index >= 15 is 0 Å². The maximum absolute atomic E-state index is 11.8. The smallest absolute Gasteiger partial charge is 0.314 e. The van der Waals surface area contributed by atoms with Crippen molar-refractivity contribution in [1.29, 1.82) is 0 Å². The molecule has 2 amide bonds. The lowest BCUT2D eigenvalue weighted by molar-refractivity contribution is 0.0593. The lowest BCUT2D eigenvalue weighted by Crippen LogP contribution is -2.43. The van der Waals surface area contributed by atoms with Crippen molar-refractivity contribution in [3.8, 4) is 0 Å². The molecule has 0 fully saturated rings. The van der Waals surface area contributed by atoms with E-state index in [1.807, 2.05) is 0 Å². The van der Waals surface area contributed by atoms with Crippen molar-refractivity contribution in [3.05, 3.63) is 29.6 Å². The van der Waals surface area contributed by atoms with Crippen molar-refractivity contribution in [2.45, 2.75) is 44.6 Å². The van der Waals surface area contributed by atoms with E-state index in [4.69, 9.17) is 0 Å². The number of nitrogens with one attached hydrogen (secondary N) is 2. The minimum atomic E-state index is -1.13. The number of aryl methyl sites for hydroxylation is 1. The SMILES string of the molecule is Cn1cc(C(C)(O)CNC(=O)NCCC2=CCCCC2)cn1. The third-order valence-electron chi connectivity index (χ3n) is 4.04. The summed E-state index contributed by atoms with van der Waals surface area (Å²) in [6.07, 6.45) is 11.4. The largest absolute Gasteiger partial charge is 0.383 e. The fourth-order valence-electron chi connectivity index (χ4n) is 2.58. The molecule has 6 nitrogen and oxygen atoms in total. The molecule has 22 heavy (non-hydrogen) atoms. The number of nitrogens with zero attached hydrogens (tertiary/aromatic N) is 2. The molecule has 122 valence electrons. The molecule has 0 saturated carbocycles. The number of carbonyl (C=O) groups is 1. The Morgan fingerprint density at radius 2 is 2.27 bits per heavy atom. The number of hydrogen-bond acceptors (Lipinski definition) is 3. The Kier molecular flexibility index (Phi) is 5.60. The first-order chi connectivity index (χ1) is 10.5. The van der Waals surface area contributed by atoms with Gasteiger partial charge in [0.15, 0.2) is 0 Å². The molecule has 0 bridgehead atoms. The Hall–Kier alpha value is -1.82. The first-order valence-corrected chi connectivity index (χ1v) is 7.88. The predicted molar refractivity (Wildman–Crippen MR) is 85.3 cm³/mol. The van der Waals surface area contributed by atoms with Crippen LogP contribution in [0.1, 0.15) is 44.6 Å². The van der Waals surface area contributed by atoms with Crippen LogP contribution in [0.4, 0.5) is 4.79 Å². The van der Waals surface area contributed by atoms with Crippen molar-refractivity contribution in [2.75, 3.05) is 13.1 Å². The van der Waals surface area contributed by atoms with Gasteiger partial charge in [0.25, 0.3) is 0 Å². The van der Waals surface area contributed by atoms with Gasteiger partial charge in [-0.3, -0.25) is 4.68 Å². The number of urea groups is 1. The molecule has 0 aromatic carbocycles. The topological polar surface area (TPSA) is 79.2 Å². The number of rotatable bonds is 6. The summed E-state index contributed by atoms with van der Waals surface area (Å²) in [7, 11) is 1.79. The minimum absolute atomic E-state index is 0.146. The molecule has 1 heterocycles. The summed E-state index contributed by atoms with van der Waals surface area (Å²) >= 11 is 0. The first-order valence-electron chi connectivity index (χ1n) is 7.88. The van der Waals surface area contributed by atoms with Crippen LogP contribution in [0.2, 0.25) is 0 Å². The van der Waals surface area contributed by atoms with Crippen LogP contribution in [-0.4, -0.2) is 34.0 Å². The summed E-state index contributed by atoms with van der Waals surface area (Å²) in [6.45, 7) is 2.44. The number of hydrogen-bond donors (Lipinski definition) is 3. The highest BCUT2D eigenvalue weighted by atomic mass is 16.3. The first kappa shape index (κ1) is 16.5. The van der Waals surface area contributed by atoms with Gasteiger partial charge in [0.05, 0.1) is 12.7 Å². The van der Waals surface area contributed by atoms with E-state index in [1.165, 1.54) is 18.4 Å². The Labute approximate surface area is 131 Å². The molecule has 1 aromatic heterocycles. The van der Waals surface area contributed by atoms with Crippen LogP contribution in [0, 0.1) is 0 Å².